The summed E-state index contributed by atoms with van der Waals surface area (Å²) >= 11 is 0. The second-order valence-corrected chi connectivity index (χ2v) is 7.77. The van der Waals surface area contributed by atoms with E-state index >= 15 is 0 Å². The van der Waals surface area contributed by atoms with E-state index in [9.17, 15) is 4.79 Å². The highest BCUT2D eigenvalue weighted by Gasteiger charge is 2.19. The summed E-state index contributed by atoms with van der Waals surface area (Å²) in [5.74, 6) is 0.422. The van der Waals surface area contributed by atoms with E-state index in [-0.39, 0.29) is 0 Å². The molecule has 1 heterocycles. The van der Waals surface area contributed by atoms with E-state index < -0.39 is 11.7 Å². The standard InChI is InChI=1S/C22H26N2O2/c1-16(10-11-17-8-6-5-7-9-17)18-12-13-20-19(14-18)23-15-24(20)21(25)26-22(2,3)4/h5-9,12-16H,10-11H2,1-4H3/t16-/m1/s1. The van der Waals surface area contributed by atoms with Gasteiger partial charge in [0.05, 0.1) is 11.0 Å². The summed E-state index contributed by atoms with van der Waals surface area (Å²) in [6, 6.07) is 16.6. The van der Waals surface area contributed by atoms with Crippen molar-refractivity contribution in [1.82, 2.24) is 9.55 Å². The Morgan fingerprint density at radius 1 is 1.15 bits per heavy atom. The third-order valence-electron chi connectivity index (χ3n) is 4.44. The largest absolute Gasteiger partial charge is 0.443 e. The Morgan fingerprint density at radius 3 is 2.58 bits per heavy atom. The fourth-order valence-electron chi connectivity index (χ4n) is 2.99. The van der Waals surface area contributed by atoms with Gasteiger partial charge in [-0.1, -0.05) is 43.3 Å². The van der Waals surface area contributed by atoms with Crippen molar-refractivity contribution in [2.45, 2.75) is 52.1 Å². The van der Waals surface area contributed by atoms with Crippen LogP contribution in [0.4, 0.5) is 4.79 Å². The average molecular weight is 350 g/mol. The van der Waals surface area contributed by atoms with Gasteiger partial charge in [-0.2, -0.15) is 0 Å². The summed E-state index contributed by atoms with van der Waals surface area (Å²) in [7, 11) is 0. The number of aromatic nitrogens is 2. The van der Waals surface area contributed by atoms with Gasteiger partial charge in [0.15, 0.2) is 0 Å². The van der Waals surface area contributed by atoms with Crippen LogP contribution in [0.2, 0.25) is 0 Å². The molecule has 1 aromatic heterocycles. The topological polar surface area (TPSA) is 44.1 Å². The van der Waals surface area contributed by atoms with Crippen LogP contribution in [-0.4, -0.2) is 21.2 Å². The molecule has 0 radical (unpaired) electrons. The lowest BCUT2D eigenvalue weighted by molar-refractivity contribution is 0.0543. The van der Waals surface area contributed by atoms with Gasteiger partial charge < -0.3 is 4.74 Å². The second-order valence-electron chi connectivity index (χ2n) is 7.77. The van der Waals surface area contributed by atoms with Crippen LogP contribution in [0.1, 0.15) is 51.2 Å². The van der Waals surface area contributed by atoms with Crippen LogP contribution in [-0.2, 0) is 11.2 Å². The number of hydrogen-bond donors (Lipinski definition) is 0. The molecule has 136 valence electrons. The predicted octanol–water partition coefficient (Wildman–Crippen LogP) is 5.56. The fraction of sp³-hybridized carbons (Fsp3) is 0.364. The van der Waals surface area contributed by atoms with Crippen molar-refractivity contribution in [3.8, 4) is 0 Å². The normalized spacial score (nSPS) is 12.9. The van der Waals surface area contributed by atoms with Crippen LogP contribution in [0.5, 0.6) is 0 Å². The maximum absolute atomic E-state index is 12.3. The predicted molar refractivity (Wildman–Crippen MR) is 105 cm³/mol. The Morgan fingerprint density at radius 2 is 1.88 bits per heavy atom. The summed E-state index contributed by atoms with van der Waals surface area (Å²) in [4.78, 5) is 16.7. The lowest BCUT2D eigenvalue weighted by atomic mass is 9.94. The summed E-state index contributed by atoms with van der Waals surface area (Å²) in [5.41, 5.74) is 3.66. The maximum Gasteiger partial charge on any atom is 0.420 e. The van der Waals surface area contributed by atoms with Gasteiger partial charge in [-0.05, 0) is 62.8 Å². The van der Waals surface area contributed by atoms with Crippen LogP contribution < -0.4 is 0 Å². The van der Waals surface area contributed by atoms with Gasteiger partial charge in [0.2, 0.25) is 0 Å². The first kappa shape index (κ1) is 18.2. The first-order valence-electron chi connectivity index (χ1n) is 9.08. The van der Waals surface area contributed by atoms with E-state index in [2.05, 4.69) is 48.3 Å². The van der Waals surface area contributed by atoms with Gasteiger partial charge in [-0.3, -0.25) is 0 Å². The number of nitrogens with zero attached hydrogens (tertiary/aromatic N) is 2. The van der Waals surface area contributed by atoms with Crippen molar-refractivity contribution >= 4 is 17.1 Å². The SMILES string of the molecule is C[C@H](CCc1ccccc1)c1ccc2c(c1)ncn2C(=O)OC(C)(C)C. The minimum atomic E-state index is -0.528. The van der Waals surface area contributed by atoms with Crippen molar-refractivity contribution < 1.29 is 9.53 Å². The lowest BCUT2D eigenvalue weighted by Gasteiger charge is -2.19. The molecule has 4 heteroatoms. The Hall–Kier alpha value is -2.62. The molecular formula is C22H26N2O2. The number of hydrogen-bond acceptors (Lipinski definition) is 3. The van der Waals surface area contributed by atoms with E-state index in [0.29, 0.717) is 5.92 Å². The smallest absolute Gasteiger partial charge is 0.420 e. The van der Waals surface area contributed by atoms with Gasteiger partial charge in [0, 0.05) is 0 Å². The summed E-state index contributed by atoms with van der Waals surface area (Å²) < 4.78 is 6.91. The minimum absolute atomic E-state index is 0.398. The molecule has 3 rings (SSSR count). The van der Waals surface area contributed by atoms with Gasteiger partial charge >= 0.3 is 6.09 Å². The zero-order valence-electron chi connectivity index (χ0n) is 15.9. The molecule has 0 unspecified atom stereocenters. The molecule has 3 aromatic rings. The Kier molecular flexibility index (Phi) is 5.12. The molecule has 0 saturated heterocycles. The van der Waals surface area contributed by atoms with Crippen LogP contribution in [0.3, 0.4) is 0 Å². The van der Waals surface area contributed by atoms with E-state index in [1.165, 1.54) is 22.0 Å². The highest BCUT2D eigenvalue weighted by molar-refractivity contribution is 5.87. The van der Waals surface area contributed by atoms with Crippen LogP contribution >= 0.6 is 0 Å². The highest BCUT2D eigenvalue weighted by atomic mass is 16.6. The summed E-state index contributed by atoms with van der Waals surface area (Å²) in [6.07, 6.45) is 3.26. The van der Waals surface area contributed by atoms with Crippen LogP contribution in [0.25, 0.3) is 11.0 Å². The first-order valence-corrected chi connectivity index (χ1v) is 9.08. The molecule has 0 spiro atoms. The van der Waals surface area contributed by atoms with E-state index in [1.807, 2.05) is 32.9 Å². The number of benzene rings is 2. The first-order chi connectivity index (χ1) is 12.3. The molecular weight excluding hydrogens is 324 g/mol. The molecule has 4 nitrogen and oxygen atoms in total. The Bertz CT molecular complexity index is 891. The molecule has 0 bridgehead atoms. The third-order valence-corrected chi connectivity index (χ3v) is 4.44. The van der Waals surface area contributed by atoms with Gasteiger partial charge in [0.25, 0.3) is 0 Å². The maximum atomic E-state index is 12.3. The van der Waals surface area contributed by atoms with Crippen LogP contribution in [0.15, 0.2) is 54.9 Å². The van der Waals surface area contributed by atoms with Crippen molar-refractivity contribution in [2.24, 2.45) is 0 Å². The number of fused-ring (bicyclic) bond motifs is 1. The third kappa shape index (κ3) is 4.31. The average Bonchev–Trinajstić information content (AvgIpc) is 3.02. The fourth-order valence-corrected chi connectivity index (χ4v) is 2.99. The zero-order chi connectivity index (χ0) is 18.7. The molecule has 0 aliphatic heterocycles. The number of aryl methyl sites for hydroxylation is 1. The van der Waals surface area contributed by atoms with Crippen molar-refractivity contribution in [3.63, 3.8) is 0 Å². The van der Waals surface area contributed by atoms with Gasteiger partial charge in [0.1, 0.15) is 11.9 Å². The Labute approximate surface area is 154 Å². The number of carbonyl (C=O) groups excluding carboxylic acids is 1. The highest BCUT2D eigenvalue weighted by Crippen LogP contribution is 2.25. The number of carbonyl (C=O) groups is 1. The van der Waals surface area contributed by atoms with Gasteiger partial charge in [-0.25, -0.2) is 14.3 Å². The molecule has 0 aliphatic rings. The monoisotopic (exact) mass is 350 g/mol. The molecule has 0 fully saturated rings. The lowest BCUT2D eigenvalue weighted by Crippen LogP contribution is -2.26. The molecule has 2 aromatic carbocycles. The van der Waals surface area contributed by atoms with Crippen LogP contribution in [0, 0.1) is 0 Å². The number of imidazole rings is 1. The molecule has 0 saturated carbocycles. The van der Waals surface area contributed by atoms with Crippen molar-refractivity contribution in [1.29, 1.82) is 0 Å². The van der Waals surface area contributed by atoms with E-state index in [0.717, 1.165) is 23.9 Å². The molecule has 0 amide bonds. The van der Waals surface area contributed by atoms with Gasteiger partial charge in [-0.15, -0.1) is 0 Å². The molecule has 1 atom stereocenters. The Balaban J connectivity index is 1.74. The number of rotatable bonds is 4. The molecule has 26 heavy (non-hydrogen) atoms. The van der Waals surface area contributed by atoms with Crippen molar-refractivity contribution in [3.05, 3.63) is 66.0 Å². The number of ether oxygens (including phenoxy) is 1. The summed E-state index contributed by atoms with van der Waals surface area (Å²) in [5, 5.41) is 0. The minimum Gasteiger partial charge on any atom is -0.443 e. The summed E-state index contributed by atoms with van der Waals surface area (Å²) in [6.45, 7) is 7.80. The van der Waals surface area contributed by atoms with E-state index in [4.69, 9.17) is 4.74 Å². The molecule has 0 N–H and O–H groups in total. The second kappa shape index (κ2) is 7.32. The van der Waals surface area contributed by atoms with Crippen molar-refractivity contribution in [2.75, 3.05) is 0 Å². The van der Waals surface area contributed by atoms with E-state index in [1.54, 1.807) is 0 Å². The molecule has 0 aliphatic carbocycles. The zero-order valence-corrected chi connectivity index (χ0v) is 15.9. The quantitative estimate of drug-likeness (QED) is 0.619.